The molecule has 3 nitrogen and oxygen atoms in total. The monoisotopic (exact) mass is 229 g/mol. The van der Waals surface area contributed by atoms with Crippen molar-refractivity contribution < 1.29 is 0 Å². The van der Waals surface area contributed by atoms with Gasteiger partial charge in [0.1, 0.15) is 0 Å². The Morgan fingerprint density at radius 1 is 1.29 bits per heavy atom. The summed E-state index contributed by atoms with van der Waals surface area (Å²) in [5.74, 6) is 0. The van der Waals surface area contributed by atoms with Gasteiger partial charge in [-0.05, 0) is 44.4 Å². The van der Waals surface area contributed by atoms with Crippen LogP contribution in [0.5, 0.6) is 0 Å². The number of aromatic nitrogens is 2. The van der Waals surface area contributed by atoms with Crippen molar-refractivity contribution in [1.82, 2.24) is 9.78 Å². The zero-order valence-electron chi connectivity index (χ0n) is 10.6. The molecule has 0 saturated heterocycles. The molecular formula is C14H19N3. The van der Waals surface area contributed by atoms with Crippen molar-refractivity contribution >= 4 is 0 Å². The largest absolute Gasteiger partial charge is 0.328 e. The quantitative estimate of drug-likeness (QED) is 0.878. The van der Waals surface area contributed by atoms with Crippen molar-refractivity contribution in [2.24, 2.45) is 5.73 Å². The Kier molecular flexibility index (Phi) is 3.29. The van der Waals surface area contributed by atoms with Crippen LogP contribution in [0.25, 0.3) is 5.69 Å². The summed E-state index contributed by atoms with van der Waals surface area (Å²) in [7, 11) is 0. The fourth-order valence-electron chi connectivity index (χ4n) is 2.03. The molecule has 17 heavy (non-hydrogen) atoms. The van der Waals surface area contributed by atoms with E-state index in [0.717, 1.165) is 12.1 Å². The van der Waals surface area contributed by atoms with Crippen LogP contribution in [0.2, 0.25) is 0 Å². The van der Waals surface area contributed by atoms with E-state index >= 15 is 0 Å². The number of aryl methyl sites for hydroxylation is 1. The highest BCUT2D eigenvalue weighted by molar-refractivity contribution is 5.41. The zero-order valence-corrected chi connectivity index (χ0v) is 10.6. The van der Waals surface area contributed by atoms with E-state index in [1.54, 1.807) is 0 Å². The maximum absolute atomic E-state index is 5.83. The van der Waals surface area contributed by atoms with Crippen molar-refractivity contribution in [3.05, 3.63) is 47.3 Å². The number of nitrogens with two attached hydrogens (primary N) is 1. The summed E-state index contributed by atoms with van der Waals surface area (Å²) in [6.45, 7) is 6.21. The van der Waals surface area contributed by atoms with Gasteiger partial charge in [-0.2, -0.15) is 5.10 Å². The van der Waals surface area contributed by atoms with Gasteiger partial charge < -0.3 is 5.73 Å². The van der Waals surface area contributed by atoms with Gasteiger partial charge in [0.2, 0.25) is 0 Å². The summed E-state index contributed by atoms with van der Waals surface area (Å²) in [4.78, 5) is 0. The van der Waals surface area contributed by atoms with E-state index in [1.165, 1.54) is 16.8 Å². The molecule has 0 bridgehead atoms. The molecule has 90 valence electrons. The second-order valence-electron chi connectivity index (χ2n) is 4.63. The van der Waals surface area contributed by atoms with Crippen molar-refractivity contribution in [1.29, 1.82) is 0 Å². The SMILES string of the molecule is Cc1ccccc1-n1ncc(CC(C)N)c1C. The molecule has 0 saturated carbocycles. The molecule has 0 aliphatic carbocycles. The molecule has 0 aliphatic rings. The molecule has 1 aromatic heterocycles. The minimum Gasteiger partial charge on any atom is -0.328 e. The number of benzene rings is 1. The molecule has 1 heterocycles. The maximum Gasteiger partial charge on any atom is 0.0677 e. The Balaban J connectivity index is 2.41. The Bertz CT molecular complexity index is 512. The van der Waals surface area contributed by atoms with Crippen LogP contribution in [0.1, 0.15) is 23.7 Å². The molecule has 2 rings (SSSR count). The van der Waals surface area contributed by atoms with Gasteiger partial charge in [-0.25, -0.2) is 4.68 Å². The Hall–Kier alpha value is -1.61. The van der Waals surface area contributed by atoms with Gasteiger partial charge in [-0.3, -0.25) is 0 Å². The van der Waals surface area contributed by atoms with E-state index in [4.69, 9.17) is 5.73 Å². The van der Waals surface area contributed by atoms with Crippen LogP contribution in [0.4, 0.5) is 0 Å². The summed E-state index contributed by atoms with van der Waals surface area (Å²) in [6, 6.07) is 8.44. The lowest BCUT2D eigenvalue weighted by Gasteiger charge is -2.09. The summed E-state index contributed by atoms with van der Waals surface area (Å²) in [6.07, 6.45) is 2.79. The number of hydrogen-bond donors (Lipinski definition) is 1. The van der Waals surface area contributed by atoms with Crippen LogP contribution in [-0.2, 0) is 6.42 Å². The van der Waals surface area contributed by atoms with Crippen LogP contribution < -0.4 is 5.73 Å². The summed E-state index contributed by atoms with van der Waals surface area (Å²) < 4.78 is 1.99. The lowest BCUT2D eigenvalue weighted by atomic mass is 10.1. The molecule has 0 spiro atoms. The molecule has 0 aliphatic heterocycles. The first kappa shape index (κ1) is 11.9. The Labute approximate surface area is 102 Å². The molecular weight excluding hydrogens is 210 g/mol. The Morgan fingerprint density at radius 2 is 2.00 bits per heavy atom. The van der Waals surface area contributed by atoms with E-state index in [9.17, 15) is 0 Å². The fourth-order valence-corrected chi connectivity index (χ4v) is 2.03. The highest BCUT2D eigenvalue weighted by atomic mass is 15.3. The van der Waals surface area contributed by atoms with Crippen LogP contribution in [-0.4, -0.2) is 15.8 Å². The standard InChI is InChI=1S/C14H19N3/c1-10-6-4-5-7-14(10)17-12(3)13(9-16-17)8-11(2)15/h4-7,9,11H,8,15H2,1-3H3. The van der Waals surface area contributed by atoms with Crippen LogP contribution in [0.15, 0.2) is 30.5 Å². The smallest absolute Gasteiger partial charge is 0.0677 e. The molecule has 1 aromatic carbocycles. The van der Waals surface area contributed by atoms with E-state index in [2.05, 4.69) is 31.1 Å². The lowest BCUT2D eigenvalue weighted by Crippen LogP contribution is -2.18. The summed E-state index contributed by atoms with van der Waals surface area (Å²) in [5, 5.41) is 4.46. The molecule has 2 aromatic rings. The molecule has 0 radical (unpaired) electrons. The fraction of sp³-hybridized carbons (Fsp3) is 0.357. The predicted molar refractivity (Wildman–Crippen MR) is 70.4 cm³/mol. The van der Waals surface area contributed by atoms with E-state index in [1.807, 2.05) is 29.9 Å². The van der Waals surface area contributed by atoms with Gasteiger partial charge in [0.05, 0.1) is 11.9 Å². The number of hydrogen-bond acceptors (Lipinski definition) is 2. The van der Waals surface area contributed by atoms with E-state index in [0.29, 0.717) is 0 Å². The Morgan fingerprint density at radius 3 is 2.65 bits per heavy atom. The van der Waals surface area contributed by atoms with Crippen LogP contribution in [0, 0.1) is 13.8 Å². The average molecular weight is 229 g/mol. The zero-order chi connectivity index (χ0) is 12.4. The molecule has 0 fully saturated rings. The third-order valence-electron chi connectivity index (χ3n) is 3.00. The third-order valence-corrected chi connectivity index (χ3v) is 3.00. The molecule has 1 atom stereocenters. The second-order valence-corrected chi connectivity index (χ2v) is 4.63. The van der Waals surface area contributed by atoms with Crippen molar-refractivity contribution in [2.45, 2.75) is 33.2 Å². The lowest BCUT2D eigenvalue weighted by molar-refractivity contribution is 0.732. The van der Waals surface area contributed by atoms with E-state index < -0.39 is 0 Å². The molecule has 2 N–H and O–H groups in total. The number of nitrogens with zero attached hydrogens (tertiary/aromatic N) is 2. The molecule has 3 heteroatoms. The first-order chi connectivity index (χ1) is 8.09. The van der Waals surface area contributed by atoms with Gasteiger partial charge in [0.15, 0.2) is 0 Å². The van der Waals surface area contributed by atoms with Gasteiger partial charge in [-0.1, -0.05) is 18.2 Å². The topological polar surface area (TPSA) is 43.8 Å². The second kappa shape index (κ2) is 4.72. The van der Waals surface area contributed by atoms with Gasteiger partial charge in [0, 0.05) is 11.7 Å². The molecule has 1 unspecified atom stereocenters. The minimum absolute atomic E-state index is 0.170. The van der Waals surface area contributed by atoms with Crippen LogP contribution >= 0.6 is 0 Å². The van der Waals surface area contributed by atoms with Gasteiger partial charge in [-0.15, -0.1) is 0 Å². The first-order valence-corrected chi connectivity index (χ1v) is 5.94. The minimum atomic E-state index is 0.170. The molecule has 0 amide bonds. The maximum atomic E-state index is 5.83. The normalized spacial score (nSPS) is 12.7. The average Bonchev–Trinajstić information content (AvgIpc) is 2.61. The van der Waals surface area contributed by atoms with Crippen molar-refractivity contribution in [2.75, 3.05) is 0 Å². The summed E-state index contributed by atoms with van der Waals surface area (Å²) >= 11 is 0. The first-order valence-electron chi connectivity index (χ1n) is 5.94. The van der Waals surface area contributed by atoms with Crippen molar-refractivity contribution in [3.63, 3.8) is 0 Å². The van der Waals surface area contributed by atoms with E-state index in [-0.39, 0.29) is 6.04 Å². The van der Waals surface area contributed by atoms with Gasteiger partial charge in [0.25, 0.3) is 0 Å². The predicted octanol–water partition coefficient (Wildman–Crippen LogP) is 2.38. The summed E-state index contributed by atoms with van der Waals surface area (Å²) in [5.41, 5.74) is 10.6. The van der Waals surface area contributed by atoms with Gasteiger partial charge >= 0.3 is 0 Å². The van der Waals surface area contributed by atoms with Crippen LogP contribution in [0.3, 0.4) is 0 Å². The number of para-hydroxylation sites is 1. The third kappa shape index (κ3) is 2.39. The highest BCUT2D eigenvalue weighted by Crippen LogP contribution is 2.18. The van der Waals surface area contributed by atoms with Crippen molar-refractivity contribution in [3.8, 4) is 5.69 Å². The highest BCUT2D eigenvalue weighted by Gasteiger charge is 2.10. The number of rotatable bonds is 3.